The summed E-state index contributed by atoms with van der Waals surface area (Å²) in [6.07, 6.45) is 2.50. The van der Waals surface area contributed by atoms with Crippen LogP contribution in [-0.4, -0.2) is 46.6 Å². The van der Waals surface area contributed by atoms with Crippen LogP contribution in [0.5, 0.6) is 0 Å². The second kappa shape index (κ2) is 13.3. The lowest BCUT2D eigenvalue weighted by molar-refractivity contribution is -0.139. The van der Waals surface area contributed by atoms with Gasteiger partial charge in [-0.05, 0) is 66.1 Å². The molecule has 13 heteroatoms. The Labute approximate surface area is 264 Å². The summed E-state index contributed by atoms with van der Waals surface area (Å²) in [5.74, 6) is -1.07. The van der Waals surface area contributed by atoms with E-state index in [2.05, 4.69) is 30.3 Å². The van der Waals surface area contributed by atoms with Crippen molar-refractivity contribution in [2.45, 2.75) is 35.6 Å². The van der Waals surface area contributed by atoms with Gasteiger partial charge in [0.15, 0.2) is 11.7 Å². The van der Waals surface area contributed by atoms with Crippen LogP contribution in [-0.2, 0) is 14.8 Å². The number of carboxylic acids is 1. The van der Waals surface area contributed by atoms with Gasteiger partial charge >= 0.3 is 5.97 Å². The van der Waals surface area contributed by atoms with Crippen molar-refractivity contribution < 1.29 is 23.1 Å². The molecule has 0 aliphatic carbocycles. The third kappa shape index (κ3) is 7.94. The van der Waals surface area contributed by atoms with Gasteiger partial charge < -0.3 is 15.7 Å². The average Bonchev–Trinajstić information content (AvgIpc) is 3.01. The normalized spacial score (nSPS) is 12.1. The van der Waals surface area contributed by atoms with Crippen LogP contribution in [0, 0.1) is 0 Å². The zero-order chi connectivity index (χ0) is 32.1. The van der Waals surface area contributed by atoms with Crippen molar-refractivity contribution in [3.63, 3.8) is 0 Å². The number of nitrogens with zero attached hydrogens (tertiary/aromatic N) is 3. The highest BCUT2D eigenvalue weighted by molar-refractivity contribution is 7.99. The lowest BCUT2D eigenvalue weighted by atomic mass is 10.1. The molecule has 1 amide bonds. The number of carbonyl (C=O) groups excluding carboxylic acids is 1. The van der Waals surface area contributed by atoms with Gasteiger partial charge in [-0.1, -0.05) is 55.9 Å². The van der Waals surface area contributed by atoms with Crippen LogP contribution in [0.3, 0.4) is 0 Å². The van der Waals surface area contributed by atoms with Crippen LogP contribution in [0.2, 0.25) is 0 Å². The number of amides is 1. The van der Waals surface area contributed by atoms with Gasteiger partial charge in [0, 0.05) is 26.7 Å². The van der Waals surface area contributed by atoms with Gasteiger partial charge in [-0.2, -0.15) is 0 Å². The Morgan fingerprint density at radius 1 is 0.911 bits per heavy atom. The van der Waals surface area contributed by atoms with E-state index in [4.69, 9.17) is 0 Å². The van der Waals surface area contributed by atoms with E-state index in [-0.39, 0.29) is 11.5 Å². The first-order valence-corrected chi connectivity index (χ1v) is 16.5. The van der Waals surface area contributed by atoms with Crippen LogP contribution < -0.4 is 15.4 Å². The number of hydrogen-bond donors (Lipinski definition) is 4. The number of rotatable bonds is 11. The molecule has 0 spiro atoms. The molecule has 4 N–H and O–H groups in total. The lowest BCUT2D eigenvalue weighted by Gasteiger charge is -2.17. The number of aromatic nitrogens is 3. The van der Waals surface area contributed by atoms with Gasteiger partial charge in [0.2, 0.25) is 10.0 Å². The standard InChI is InChI=1S/C32H30N6O5S2/c1-19(2)25-15-14-24-29(35-25)33-18-34-30(24)36-26-17-21(31(39)37-28(32(40)41)20-7-5-4-6-8-20)9-16-27(26)44-23-12-10-22(11-13-23)38-45(3,42)43/h4-19,28,38H,1-3H3,(H,37,39)(H,40,41)(H,33,34,35,36). The van der Waals surface area contributed by atoms with Gasteiger partial charge in [-0.15, -0.1) is 0 Å². The summed E-state index contributed by atoms with van der Waals surface area (Å²) in [4.78, 5) is 40.4. The van der Waals surface area contributed by atoms with E-state index in [9.17, 15) is 23.1 Å². The Morgan fingerprint density at radius 2 is 1.64 bits per heavy atom. The van der Waals surface area contributed by atoms with Gasteiger partial charge in [0.05, 0.1) is 17.3 Å². The van der Waals surface area contributed by atoms with Gasteiger partial charge in [0.25, 0.3) is 5.91 Å². The highest BCUT2D eigenvalue weighted by atomic mass is 32.2. The Kier molecular flexibility index (Phi) is 9.30. The van der Waals surface area contributed by atoms with E-state index < -0.39 is 27.9 Å². The monoisotopic (exact) mass is 642 g/mol. The van der Waals surface area contributed by atoms with Gasteiger partial charge in [0.1, 0.15) is 12.1 Å². The van der Waals surface area contributed by atoms with Crippen molar-refractivity contribution in [3.05, 3.63) is 108 Å². The van der Waals surface area contributed by atoms with E-state index in [1.165, 1.54) is 18.1 Å². The smallest absolute Gasteiger partial charge is 0.330 e. The molecule has 2 aromatic heterocycles. The van der Waals surface area contributed by atoms with Crippen LogP contribution >= 0.6 is 11.8 Å². The molecule has 2 heterocycles. The summed E-state index contributed by atoms with van der Waals surface area (Å²) >= 11 is 1.38. The molecular formula is C32H30N6O5S2. The van der Waals surface area contributed by atoms with Crippen molar-refractivity contribution in [2.24, 2.45) is 0 Å². The molecule has 0 aliphatic heterocycles. The van der Waals surface area contributed by atoms with Gasteiger partial charge in [-0.3, -0.25) is 9.52 Å². The van der Waals surface area contributed by atoms with Crippen LogP contribution in [0.25, 0.3) is 11.0 Å². The van der Waals surface area contributed by atoms with Crippen LogP contribution in [0.4, 0.5) is 17.2 Å². The Balaban J connectivity index is 1.50. The SMILES string of the molecule is CC(C)c1ccc2c(Nc3cc(C(=O)NC(C(=O)O)c4ccccc4)ccc3Sc3ccc(NS(C)(=O)=O)cc3)ncnc2n1. The van der Waals surface area contributed by atoms with Crippen molar-refractivity contribution in [1.29, 1.82) is 0 Å². The summed E-state index contributed by atoms with van der Waals surface area (Å²) in [7, 11) is -3.42. The van der Waals surface area contributed by atoms with Crippen molar-refractivity contribution in [2.75, 3.05) is 16.3 Å². The third-order valence-electron chi connectivity index (χ3n) is 6.65. The number of hydrogen-bond acceptors (Lipinski definition) is 9. The Morgan fingerprint density at radius 3 is 2.31 bits per heavy atom. The zero-order valence-electron chi connectivity index (χ0n) is 24.6. The number of carbonyl (C=O) groups is 2. The molecule has 11 nitrogen and oxygen atoms in total. The summed E-state index contributed by atoms with van der Waals surface area (Å²) in [5, 5.41) is 16.5. The summed E-state index contributed by atoms with van der Waals surface area (Å²) < 4.78 is 25.7. The minimum atomic E-state index is -3.42. The Hall–Kier alpha value is -5.01. The fourth-order valence-corrected chi connectivity index (χ4v) is 5.89. The van der Waals surface area contributed by atoms with Crippen molar-refractivity contribution in [1.82, 2.24) is 20.3 Å². The number of carboxylic acid groups (broad SMARTS) is 1. The largest absolute Gasteiger partial charge is 0.479 e. The van der Waals surface area contributed by atoms with Crippen molar-refractivity contribution >= 4 is 61.9 Å². The van der Waals surface area contributed by atoms with Crippen LogP contribution in [0.1, 0.15) is 47.4 Å². The quantitative estimate of drug-likeness (QED) is 0.135. The minimum Gasteiger partial charge on any atom is -0.479 e. The maximum absolute atomic E-state index is 13.4. The first kappa shape index (κ1) is 31.4. The fourth-order valence-electron chi connectivity index (χ4n) is 4.44. The first-order valence-electron chi connectivity index (χ1n) is 13.8. The topological polar surface area (TPSA) is 163 Å². The van der Waals surface area contributed by atoms with E-state index >= 15 is 0 Å². The molecule has 0 saturated heterocycles. The number of aliphatic carboxylic acids is 1. The van der Waals surface area contributed by atoms with E-state index in [0.717, 1.165) is 21.7 Å². The van der Waals surface area contributed by atoms with Crippen LogP contribution in [0.15, 0.2) is 101 Å². The maximum atomic E-state index is 13.4. The molecule has 3 aromatic carbocycles. The molecule has 0 aliphatic rings. The number of sulfonamides is 1. The highest BCUT2D eigenvalue weighted by Crippen LogP contribution is 2.37. The zero-order valence-corrected chi connectivity index (χ0v) is 26.2. The fraction of sp³-hybridized carbons (Fsp3) is 0.156. The Bertz CT molecular complexity index is 1970. The number of anilines is 3. The minimum absolute atomic E-state index is 0.212. The van der Waals surface area contributed by atoms with E-state index in [1.54, 1.807) is 72.8 Å². The molecule has 0 saturated carbocycles. The first-order chi connectivity index (χ1) is 21.5. The number of pyridine rings is 1. The van der Waals surface area contributed by atoms with E-state index in [1.807, 2.05) is 26.0 Å². The molecule has 5 rings (SSSR count). The number of benzene rings is 3. The molecule has 1 atom stereocenters. The molecule has 45 heavy (non-hydrogen) atoms. The van der Waals surface area contributed by atoms with Crippen molar-refractivity contribution in [3.8, 4) is 0 Å². The predicted molar refractivity (Wildman–Crippen MR) is 174 cm³/mol. The molecule has 5 aromatic rings. The second-order valence-corrected chi connectivity index (χ2v) is 13.3. The number of nitrogens with one attached hydrogen (secondary N) is 3. The number of fused-ring (bicyclic) bond motifs is 1. The molecule has 1 unspecified atom stereocenters. The highest BCUT2D eigenvalue weighted by Gasteiger charge is 2.23. The van der Waals surface area contributed by atoms with E-state index in [0.29, 0.717) is 33.8 Å². The third-order valence-corrected chi connectivity index (χ3v) is 8.34. The maximum Gasteiger partial charge on any atom is 0.330 e. The predicted octanol–water partition coefficient (Wildman–Crippen LogP) is 5.97. The summed E-state index contributed by atoms with van der Waals surface area (Å²) in [6, 6.07) is 22.9. The molecule has 0 radical (unpaired) electrons. The average molecular weight is 643 g/mol. The molecule has 230 valence electrons. The molecule has 0 bridgehead atoms. The summed E-state index contributed by atoms with van der Waals surface area (Å²) in [5.41, 5.74) is 3.05. The molecular weight excluding hydrogens is 613 g/mol. The lowest BCUT2D eigenvalue weighted by Crippen LogP contribution is -2.33. The van der Waals surface area contributed by atoms with Gasteiger partial charge in [-0.25, -0.2) is 28.2 Å². The second-order valence-electron chi connectivity index (χ2n) is 10.5. The molecule has 0 fully saturated rings. The summed E-state index contributed by atoms with van der Waals surface area (Å²) in [6.45, 7) is 4.09.